The topological polar surface area (TPSA) is 33.5 Å². The van der Waals surface area contributed by atoms with Gasteiger partial charge in [0, 0.05) is 13.1 Å². The number of nitrogens with zero attached hydrogens (tertiary/aromatic N) is 1. The van der Waals surface area contributed by atoms with Crippen LogP contribution in [0.1, 0.15) is 55.3 Å². The van der Waals surface area contributed by atoms with Crippen LogP contribution in [0.3, 0.4) is 0 Å². The molecular formula is C13H20ClNO2. The van der Waals surface area contributed by atoms with Crippen LogP contribution in [0.2, 0.25) is 0 Å². The normalized spacial score (nSPS) is 12.5. The van der Waals surface area contributed by atoms with Crippen LogP contribution in [0.5, 0.6) is 0 Å². The average molecular weight is 258 g/mol. The smallest absolute Gasteiger partial charge is 0.289 e. The van der Waals surface area contributed by atoms with Crippen LogP contribution in [0.15, 0.2) is 16.5 Å². The summed E-state index contributed by atoms with van der Waals surface area (Å²) in [5.74, 6) is 0.981. The highest BCUT2D eigenvalue weighted by molar-refractivity contribution is 6.20. The van der Waals surface area contributed by atoms with E-state index in [0.717, 1.165) is 25.9 Å². The van der Waals surface area contributed by atoms with E-state index in [1.54, 1.807) is 12.1 Å². The molecule has 0 radical (unpaired) electrons. The molecule has 0 aromatic carbocycles. The van der Waals surface area contributed by atoms with Gasteiger partial charge >= 0.3 is 0 Å². The molecule has 3 nitrogen and oxygen atoms in total. The van der Waals surface area contributed by atoms with Crippen LogP contribution in [0, 0.1) is 0 Å². The molecule has 0 fully saturated rings. The molecule has 0 N–H and O–H groups in total. The van der Waals surface area contributed by atoms with E-state index < -0.39 is 0 Å². The molecule has 0 saturated heterocycles. The van der Waals surface area contributed by atoms with Gasteiger partial charge in [-0.05, 0) is 31.9 Å². The van der Waals surface area contributed by atoms with Crippen molar-refractivity contribution in [3.8, 4) is 0 Å². The maximum Gasteiger partial charge on any atom is 0.289 e. The maximum atomic E-state index is 12.1. The maximum absolute atomic E-state index is 12.1. The van der Waals surface area contributed by atoms with Crippen molar-refractivity contribution in [2.75, 3.05) is 13.1 Å². The van der Waals surface area contributed by atoms with Gasteiger partial charge in [-0.25, -0.2) is 0 Å². The fraction of sp³-hybridized carbons (Fsp3) is 0.615. The molecule has 1 rings (SSSR count). The van der Waals surface area contributed by atoms with Crippen LogP contribution < -0.4 is 0 Å². The van der Waals surface area contributed by atoms with E-state index in [9.17, 15) is 4.79 Å². The molecule has 0 aliphatic carbocycles. The van der Waals surface area contributed by atoms with E-state index in [1.165, 1.54) is 0 Å². The Hall–Kier alpha value is -0.960. The third-order valence-electron chi connectivity index (χ3n) is 2.50. The van der Waals surface area contributed by atoms with E-state index in [0.29, 0.717) is 11.5 Å². The van der Waals surface area contributed by atoms with E-state index in [1.807, 2.05) is 11.8 Å². The molecule has 96 valence electrons. The lowest BCUT2D eigenvalue weighted by atomic mass is 10.3. The molecule has 1 atom stereocenters. The summed E-state index contributed by atoms with van der Waals surface area (Å²) in [5.41, 5.74) is 0. The zero-order valence-electron chi connectivity index (χ0n) is 10.7. The Bertz CT molecular complexity index is 354. The summed E-state index contributed by atoms with van der Waals surface area (Å²) >= 11 is 5.90. The minimum atomic E-state index is -0.206. The Balaban J connectivity index is 2.77. The Morgan fingerprint density at radius 2 is 1.94 bits per heavy atom. The van der Waals surface area contributed by atoms with Crippen molar-refractivity contribution in [2.24, 2.45) is 0 Å². The predicted octanol–water partition coefficient (Wildman–Crippen LogP) is 3.84. The van der Waals surface area contributed by atoms with Gasteiger partial charge in [0.05, 0.1) is 5.38 Å². The van der Waals surface area contributed by atoms with Crippen molar-refractivity contribution in [1.82, 2.24) is 4.90 Å². The Morgan fingerprint density at radius 1 is 1.35 bits per heavy atom. The van der Waals surface area contributed by atoms with Gasteiger partial charge in [0.25, 0.3) is 5.91 Å². The number of carbonyl (C=O) groups is 1. The van der Waals surface area contributed by atoms with Crippen molar-refractivity contribution < 1.29 is 9.21 Å². The zero-order valence-corrected chi connectivity index (χ0v) is 11.5. The second kappa shape index (κ2) is 6.70. The number of hydrogen-bond donors (Lipinski definition) is 0. The fourth-order valence-corrected chi connectivity index (χ4v) is 1.81. The second-order valence-electron chi connectivity index (χ2n) is 4.11. The lowest BCUT2D eigenvalue weighted by Gasteiger charge is -2.19. The number of hydrogen-bond acceptors (Lipinski definition) is 2. The first-order valence-electron chi connectivity index (χ1n) is 6.13. The highest BCUT2D eigenvalue weighted by Gasteiger charge is 2.18. The number of halogens is 1. The summed E-state index contributed by atoms with van der Waals surface area (Å²) in [6.07, 6.45) is 1.90. The van der Waals surface area contributed by atoms with Gasteiger partial charge in [-0.3, -0.25) is 4.79 Å². The summed E-state index contributed by atoms with van der Waals surface area (Å²) in [5, 5.41) is -0.206. The van der Waals surface area contributed by atoms with Crippen molar-refractivity contribution >= 4 is 17.5 Å². The molecule has 1 unspecified atom stereocenters. The van der Waals surface area contributed by atoms with Crippen molar-refractivity contribution in [3.05, 3.63) is 23.7 Å². The van der Waals surface area contributed by atoms with Crippen LogP contribution in [-0.4, -0.2) is 23.9 Å². The molecule has 0 bridgehead atoms. The van der Waals surface area contributed by atoms with Gasteiger partial charge in [-0.1, -0.05) is 13.8 Å². The van der Waals surface area contributed by atoms with Crippen LogP contribution in [0.4, 0.5) is 0 Å². The lowest BCUT2D eigenvalue weighted by molar-refractivity contribution is 0.0721. The van der Waals surface area contributed by atoms with E-state index in [4.69, 9.17) is 16.0 Å². The molecule has 1 aromatic heterocycles. The van der Waals surface area contributed by atoms with Crippen LogP contribution >= 0.6 is 11.6 Å². The van der Waals surface area contributed by atoms with Gasteiger partial charge in [-0.15, -0.1) is 11.6 Å². The number of alkyl halides is 1. The molecule has 1 heterocycles. The van der Waals surface area contributed by atoms with Crippen LogP contribution in [0.25, 0.3) is 0 Å². The van der Waals surface area contributed by atoms with E-state index in [-0.39, 0.29) is 11.3 Å². The van der Waals surface area contributed by atoms with Gasteiger partial charge in [-0.2, -0.15) is 0 Å². The molecule has 1 aromatic rings. The number of furan rings is 1. The van der Waals surface area contributed by atoms with Gasteiger partial charge in [0.2, 0.25) is 0 Å². The van der Waals surface area contributed by atoms with Gasteiger partial charge in [0.15, 0.2) is 5.76 Å². The summed E-state index contributed by atoms with van der Waals surface area (Å²) in [7, 11) is 0. The van der Waals surface area contributed by atoms with Crippen molar-refractivity contribution in [1.29, 1.82) is 0 Å². The highest BCUT2D eigenvalue weighted by Crippen LogP contribution is 2.22. The Morgan fingerprint density at radius 3 is 2.35 bits per heavy atom. The largest absolute Gasteiger partial charge is 0.454 e. The highest BCUT2D eigenvalue weighted by atomic mass is 35.5. The minimum absolute atomic E-state index is 0.0442. The molecule has 0 aliphatic rings. The second-order valence-corrected chi connectivity index (χ2v) is 4.76. The Kier molecular flexibility index (Phi) is 5.56. The first kappa shape index (κ1) is 14.1. The zero-order chi connectivity index (χ0) is 12.8. The lowest BCUT2D eigenvalue weighted by Crippen LogP contribution is -2.32. The van der Waals surface area contributed by atoms with Gasteiger partial charge in [0.1, 0.15) is 5.76 Å². The molecule has 17 heavy (non-hydrogen) atoms. The third-order valence-corrected chi connectivity index (χ3v) is 2.72. The summed E-state index contributed by atoms with van der Waals surface area (Å²) < 4.78 is 5.46. The van der Waals surface area contributed by atoms with Crippen molar-refractivity contribution in [2.45, 2.75) is 39.0 Å². The molecular weight excluding hydrogens is 238 g/mol. The van der Waals surface area contributed by atoms with Gasteiger partial charge < -0.3 is 9.32 Å². The number of amides is 1. The average Bonchev–Trinajstić information content (AvgIpc) is 2.77. The summed E-state index contributed by atoms with van der Waals surface area (Å²) in [6.45, 7) is 7.47. The van der Waals surface area contributed by atoms with Crippen LogP contribution in [-0.2, 0) is 0 Å². The molecule has 0 aliphatic heterocycles. The molecule has 4 heteroatoms. The standard InChI is InChI=1S/C13H20ClNO2/c1-4-8-15(9-5-2)13(16)12-7-6-11(17-12)10(3)14/h6-7,10H,4-5,8-9H2,1-3H3. The molecule has 0 saturated carbocycles. The van der Waals surface area contributed by atoms with Crippen molar-refractivity contribution in [3.63, 3.8) is 0 Å². The SMILES string of the molecule is CCCN(CCC)C(=O)c1ccc(C(C)Cl)o1. The van der Waals surface area contributed by atoms with E-state index >= 15 is 0 Å². The summed E-state index contributed by atoms with van der Waals surface area (Å²) in [6, 6.07) is 3.47. The number of rotatable bonds is 6. The molecule has 1 amide bonds. The monoisotopic (exact) mass is 257 g/mol. The summed E-state index contributed by atoms with van der Waals surface area (Å²) in [4.78, 5) is 14.0. The predicted molar refractivity (Wildman–Crippen MR) is 69.5 cm³/mol. The quantitative estimate of drug-likeness (QED) is 0.726. The minimum Gasteiger partial charge on any atom is -0.454 e. The number of carbonyl (C=O) groups excluding carboxylic acids is 1. The molecule has 0 spiro atoms. The first-order chi connectivity index (χ1) is 8.10. The third kappa shape index (κ3) is 3.77. The fourth-order valence-electron chi connectivity index (χ4n) is 1.69. The van der Waals surface area contributed by atoms with E-state index in [2.05, 4.69) is 13.8 Å². The Labute approximate surface area is 108 Å². The first-order valence-corrected chi connectivity index (χ1v) is 6.56.